The van der Waals surface area contributed by atoms with Crippen LogP contribution in [0.15, 0.2) is 48.5 Å². The number of benzene rings is 2. The van der Waals surface area contributed by atoms with Gasteiger partial charge in [0.1, 0.15) is 5.82 Å². The molecule has 0 aromatic heterocycles. The van der Waals surface area contributed by atoms with Crippen LogP contribution in [0.3, 0.4) is 0 Å². The molecule has 148 valence electrons. The van der Waals surface area contributed by atoms with Crippen molar-refractivity contribution in [1.82, 2.24) is 10.9 Å². The van der Waals surface area contributed by atoms with Gasteiger partial charge in [0.25, 0.3) is 11.8 Å². The highest BCUT2D eigenvalue weighted by molar-refractivity contribution is 5.98. The molecule has 0 heterocycles. The van der Waals surface area contributed by atoms with E-state index < -0.39 is 17.6 Å². The van der Waals surface area contributed by atoms with Crippen molar-refractivity contribution < 1.29 is 23.5 Å². The summed E-state index contributed by atoms with van der Waals surface area (Å²) in [6.07, 6.45) is 3.70. The number of amides is 2. The highest BCUT2D eigenvalue weighted by atomic mass is 19.1. The Morgan fingerprint density at radius 2 is 1.82 bits per heavy atom. The highest BCUT2D eigenvalue weighted by Crippen LogP contribution is 2.29. The predicted octanol–water partition coefficient (Wildman–Crippen LogP) is 3.49. The van der Waals surface area contributed by atoms with Gasteiger partial charge in [0.15, 0.2) is 11.5 Å². The molecule has 0 aliphatic carbocycles. The monoisotopic (exact) mass is 386 g/mol. The van der Waals surface area contributed by atoms with Crippen LogP contribution in [0, 0.1) is 5.82 Å². The maximum absolute atomic E-state index is 13.5. The molecule has 2 N–H and O–H groups in total. The molecule has 2 aromatic rings. The zero-order valence-electron chi connectivity index (χ0n) is 15.8. The number of carbonyl (C=O) groups excluding carboxylic acids is 2. The van der Waals surface area contributed by atoms with E-state index >= 15 is 0 Å². The highest BCUT2D eigenvalue weighted by Gasteiger charge is 2.11. The Hall–Kier alpha value is -3.35. The molecule has 2 aromatic carbocycles. The summed E-state index contributed by atoms with van der Waals surface area (Å²) in [5.74, 6) is -0.739. The maximum atomic E-state index is 13.5. The lowest BCUT2D eigenvalue weighted by molar-refractivity contribution is -0.117. The fourth-order valence-corrected chi connectivity index (χ4v) is 2.27. The molecule has 2 rings (SSSR count). The molecule has 6 nitrogen and oxygen atoms in total. The van der Waals surface area contributed by atoms with E-state index in [1.165, 1.54) is 30.3 Å². The Kier molecular flexibility index (Phi) is 8.02. The van der Waals surface area contributed by atoms with Crippen LogP contribution in [-0.2, 0) is 4.79 Å². The van der Waals surface area contributed by atoms with Crippen LogP contribution in [0.4, 0.5) is 4.39 Å². The van der Waals surface area contributed by atoms with Gasteiger partial charge < -0.3 is 9.47 Å². The molecule has 7 heteroatoms. The fourth-order valence-electron chi connectivity index (χ4n) is 2.27. The van der Waals surface area contributed by atoms with Crippen LogP contribution in [0.5, 0.6) is 11.5 Å². The molecule has 0 fully saturated rings. The number of carbonyl (C=O) groups is 2. The number of nitrogens with one attached hydrogen (secondary N) is 2. The molecule has 0 aliphatic heterocycles. The molecule has 28 heavy (non-hydrogen) atoms. The van der Waals surface area contributed by atoms with Crippen LogP contribution in [0.25, 0.3) is 6.08 Å². The van der Waals surface area contributed by atoms with Gasteiger partial charge >= 0.3 is 0 Å². The quantitative estimate of drug-likeness (QED) is 0.538. The Morgan fingerprint density at radius 1 is 1.04 bits per heavy atom. The molecule has 0 radical (unpaired) electrons. The first-order chi connectivity index (χ1) is 13.5. The SMILES string of the molecule is CCCOc1ccc(/C=C/C(=O)NNC(=O)c2ccccc2F)cc1OCC. The van der Waals surface area contributed by atoms with Crippen LogP contribution >= 0.6 is 0 Å². The first-order valence-corrected chi connectivity index (χ1v) is 8.97. The van der Waals surface area contributed by atoms with E-state index in [0.717, 1.165) is 12.0 Å². The number of hydrogen-bond acceptors (Lipinski definition) is 4. The standard InChI is InChI=1S/C21H23FN2O4/c1-3-13-28-18-11-9-15(14-19(18)27-4-2)10-12-20(25)23-24-21(26)16-7-5-6-8-17(16)22/h5-12,14H,3-4,13H2,1-2H3,(H,23,25)(H,24,26)/b12-10+. The van der Waals surface area contributed by atoms with Crippen LogP contribution in [0.2, 0.25) is 0 Å². The molecule has 0 saturated carbocycles. The number of hydrazine groups is 1. The van der Waals surface area contributed by atoms with Gasteiger partial charge in [-0.15, -0.1) is 0 Å². The third kappa shape index (κ3) is 6.12. The lowest BCUT2D eigenvalue weighted by Gasteiger charge is -2.12. The number of hydrogen-bond donors (Lipinski definition) is 2. The minimum Gasteiger partial charge on any atom is -0.490 e. The first kappa shape index (κ1) is 21.0. The zero-order valence-corrected chi connectivity index (χ0v) is 15.8. The van der Waals surface area contributed by atoms with Gasteiger partial charge in [0, 0.05) is 6.08 Å². The molecule has 0 aliphatic rings. The molecule has 0 saturated heterocycles. The Bertz CT molecular complexity index is 852. The minimum atomic E-state index is -0.740. The van der Waals surface area contributed by atoms with Crippen molar-refractivity contribution in [2.75, 3.05) is 13.2 Å². The van der Waals surface area contributed by atoms with E-state index in [0.29, 0.717) is 24.7 Å². The lowest BCUT2D eigenvalue weighted by atomic mass is 10.2. The summed E-state index contributed by atoms with van der Waals surface area (Å²) >= 11 is 0. The summed E-state index contributed by atoms with van der Waals surface area (Å²) in [4.78, 5) is 23.8. The number of halogens is 1. The average molecular weight is 386 g/mol. The molecule has 2 amide bonds. The second-order valence-corrected chi connectivity index (χ2v) is 5.74. The molecule has 0 bridgehead atoms. The van der Waals surface area contributed by atoms with Crippen molar-refractivity contribution in [2.45, 2.75) is 20.3 Å². The molecular weight excluding hydrogens is 363 g/mol. The summed E-state index contributed by atoms with van der Waals surface area (Å²) in [6, 6.07) is 10.8. The normalized spacial score (nSPS) is 10.5. The van der Waals surface area contributed by atoms with Crippen LogP contribution < -0.4 is 20.3 Å². The summed E-state index contributed by atoms with van der Waals surface area (Å²) < 4.78 is 24.7. The first-order valence-electron chi connectivity index (χ1n) is 8.97. The smallest absolute Gasteiger partial charge is 0.272 e. The van der Waals surface area contributed by atoms with Crippen molar-refractivity contribution in [2.24, 2.45) is 0 Å². The van der Waals surface area contributed by atoms with Gasteiger partial charge in [-0.2, -0.15) is 0 Å². The molecular formula is C21H23FN2O4. The van der Waals surface area contributed by atoms with Gasteiger partial charge in [-0.05, 0) is 49.2 Å². The van der Waals surface area contributed by atoms with Gasteiger partial charge in [0.2, 0.25) is 0 Å². The van der Waals surface area contributed by atoms with Crippen molar-refractivity contribution in [3.8, 4) is 11.5 Å². The fraction of sp³-hybridized carbons (Fsp3) is 0.238. The van der Waals surface area contributed by atoms with E-state index in [1.54, 1.807) is 24.3 Å². The van der Waals surface area contributed by atoms with Crippen molar-refractivity contribution >= 4 is 17.9 Å². The number of ether oxygens (including phenoxy) is 2. The van der Waals surface area contributed by atoms with E-state index in [2.05, 4.69) is 10.9 Å². The zero-order chi connectivity index (χ0) is 20.4. The van der Waals surface area contributed by atoms with Gasteiger partial charge in [-0.3, -0.25) is 20.4 Å². The lowest BCUT2D eigenvalue weighted by Crippen LogP contribution is -2.41. The van der Waals surface area contributed by atoms with Gasteiger partial charge in [0.05, 0.1) is 18.8 Å². The summed E-state index contributed by atoms with van der Waals surface area (Å²) in [6.45, 7) is 4.95. The van der Waals surface area contributed by atoms with Gasteiger partial charge in [-0.25, -0.2) is 4.39 Å². The molecule has 0 unspecified atom stereocenters. The number of rotatable bonds is 8. The average Bonchev–Trinajstić information content (AvgIpc) is 2.70. The molecule has 0 atom stereocenters. The molecule has 0 spiro atoms. The van der Waals surface area contributed by atoms with Crippen LogP contribution in [0.1, 0.15) is 36.2 Å². The Balaban J connectivity index is 1.96. The topological polar surface area (TPSA) is 76.7 Å². The Morgan fingerprint density at radius 3 is 2.54 bits per heavy atom. The van der Waals surface area contributed by atoms with E-state index in [4.69, 9.17) is 9.47 Å². The summed E-state index contributed by atoms with van der Waals surface area (Å²) in [5, 5.41) is 0. The van der Waals surface area contributed by atoms with E-state index in [9.17, 15) is 14.0 Å². The third-order valence-electron chi connectivity index (χ3n) is 3.57. The van der Waals surface area contributed by atoms with Crippen molar-refractivity contribution in [3.05, 3.63) is 65.5 Å². The third-order valence-corrected chi connectivity index (χ3v) is 3.57. The summed E-state index contributed by atoms with van der Waals surface area (Å²) in [7, 11) is 0. The van der Waals surface area contributed by atoms with Crippen LogP contribution in [-0.4, -0.2) is 25.0 Å². The second-order valence-electron chi connectivity index (χ2n) is 5.74. The predicted molar refractivity (Wildman–Crippen MR) is 104 cm³/mol. The van der Waals surface area contributed by atoms with Gasteiger partial charge in [-0.1, -0.05) is 25.1 Å². The van der Waals surface area contributed by atoms with E-state index in [-0.39, 0.29) is 5.56 Å². The maximum Gasteiger partial charge on any atom is 0.272 e. The van der Waals surface area contributed by atoms with E-state index in [1.807, 2.05) is 13.8 Å². The minimum absolute atomic E-state index is 0.157. The van der Waals surface area contributed by atoms with Crippen molar-refractivity contribution in [1.29, 1.82) is 0 Å². The summed E-state index contributed by atoms with van der Waals surface area (Å²) in [5.41, 5.74) is 4.94. The second kappa shape index (κ2) is 10.7. The largest absolute Gasteiger partial charge is 0.490 e. The van der Waals surface area contributed by atoms with Crippen molar-refractivity contribution in [3.63, 3.8) is 0 Å². The Labute approximate surface area is 163 Å².